The summed E-state index contributed by atoms with van der Waals surface area (Å²) in [4.78, 5) is 10.5. The molecule has 114 valence electrons. The van der Waals surface area contributed by atoms with Crippen LogP contribution >= 0.6 is 0 Å². The van der Waals surface area contributed by atoms with E-state index in [0.29, 0.717) is 5.56 Å². The van der Waals surface area contributed by atoms with Crippen LogP contribution in [0, 0.1) is 0 Å². The van der Waals surface area contributed by atoms with Crippen molar-refractivity contribution in [2.75, 3.05) is 0 Å². The van der Waals surface area contributed by atoms with Crippen LogP contribution < -0.4 is 0 Å². The summed E-state index contributed by atoms with van der Waals surface area (Å²) in [5.74, 6) is -1.07. The number of hydrogen-bond acceptors (Lipinski definition) is 3. The third-order valence-electron chi connectivity index (χ3n) is 2.81. The highest BCUT2D eigenvalue weighted by atomic mass is 32.2. The molecule has 0 amide bonds. The van der Waals surface area contributed by atoms with E-state index in [0.717, 1.165) is 6.20 Å². The molecule has 0 fully saturated rings. The van der Waals surface area contributed by atoms with Crippen LogP contribution in [0.4, 0.5) is 4.48 Å². The second-order valence-electron chi connectivity index (χ2n) is 4.30. The van der Waals surface area contributed by atoms with Crippen LogP contribution in [0.15, 0.2) is 65.7 Å². The van der Waals surface area contributed by atoms with Gasteiger partial charge in [-0.25, -0.2) is 4.79 Å². The molecule has 5 nitrogen and oxygen atoms in total. The summed E-state index contributed by atoms with van der Waals surface area (Å²) in [7, 11) is -4.24. The lowest BCUT2D eigenvalue weighted by Crippen LogP contribution is -2.17. The number of carboxylic acids is 1. The van der Waals surface area contributed by atoms with E-state index in [1.807, 2.05) is 0 Å². The van der Waals surface area contributed by atoms with E-state index in [2.05, 4.69) is 0 Å². The summed E-state index contributed by atoms with van der Waals surface area (Å²) in [6.45, 7) is 0. The van der Waals surface area contributed by atoms with Crippen LogP contribution in [0.25, 0.3) is 6.08 Å². The zero-order valence-corrected chi connectivity index (χ0v) is 12.1. The van der Waals surface area contributed by atoms with Gasteiger partial charge >= 0.3 is 5.97 Å². The van der Waals surface area contributed by atoms with Crippen molar-refractivity contribution >= 4 is 22.1 Å². The number of aromatic carboxylic acids is 1. The molecule has 0 atom stereocenters. The van der Waals surface area contributed by atoms with Crippen molar-refractivity contribution in [2.24, 2.45) is 0 Å². The van der Waals surface area contributed by atoms with Gasteiger partial charge in [-0.3, -0.25) is 0 Å². The molecule has 0 spiro atoms. The van der Waals surface area contributed by atoms with Crippen molar-refractivity contribution in [3.05, 3.63) is 71.9 Å². The van der Waals surface area contributed by atoms with Gasteiger partial charge in [-0.05, 0) is 35.9 Å². The van der Waals surface area contributed by atoms with Crippen molar-refractivity contribution in [2.45, 2.75) is 4.90 Å². The van der Waals surface area contributed by atoms with Crippen LogP contribution in [0.2, 0.25) is 0 Å². The van der Waals surface area contributed by atoms with Gasteiger partial charge in [0.2, 0.25) is 0 Å². The maximum Gasteiger partial charge on any atom is 0.335 e. The highest BCUT2D eigenvalue weighted by Crippen LogP contribution is 2.17. The largest absolute Gasteiger partial charge is 0.478 e. The molecular weight excluding hydrogens is 309 g/mol. The SMILES string of the molecule is O=C(O)c1ccc(C=CN(F)S(=O)(=O)c2ccccc2)cc1. The number of benzene rings is 2. The number of sulfonamides is 1. The first kappa shape index (κ1) is 15.7. The molecule has 2 rings (SSSR count). The molecule has 22 heavy (non-hydrogen) atoms. The minimum atomic E-state index is -4.24. The minimum absolute atomic E-state index is 0.0890. The highest BCUT2D eigenvalue weighted by molar-refractivity contribution is 7.89. The van der Waals surface area contributed by atoms with E-state index in [1.165, 1.54) is 54.6 Å². The average Bonchev–Trinajstić information content (AvgIpc) is 2.53. The van der Waals surface area contributed by atoms with Gasteiger partial charge in [0.05, 0.1) is 16.7 Å². The van der Waals surface area contributed by atoms with Crippen molar-refractivity contribution in [3.8, 4) is 0 Å². The Hall–Kier alpha value is -2.67. The summed E-state index contributed by atoms with van der Waals surface area (Å²) in [5.41, 5.74) is 0.557. The molecule has 0 saturated carbocycles. The number of nitrogens with zero attached hydrogens (tertiary/aromatic N) is 1. The number of rotatable bonds is 5. The summed E-state index contributed by atoms with van der Waals surface area (Å²) < 4.78 is 37.3. The molecule has 0 aliphatic heterocycles. The summed E-state index contributed by atoms with van der Waals surface area (Å²) in [6, 6.07) is 12.8. The van der Waals surface area contributed by atoms with E-state index >= 15 is 0 Å². The maximum absolute atomic E-state index is 13.8. The second-order valence-corrected chi connectivity index (χ2v) is 6.07. The molecule has 0 heterocycles. The van der Waals surface area contributed by atoms with Crippen molar-refractivity contribution in [3.63, 3.8) is 0 Å². The number of carboxylic acid groups (broad SMARTS) is 1. The van der Waals surface area contributed by atoms with E-state index < -0.39 is 16.0 Å². The molecule has 0 saturated heterocycles. The lowest BCUT2D eigenvalue weighted by molar-refractivity contribution is 0.0697. The molecule has 2 aromatic rings. The first-order valence-electron chi connectivity index (χ1n) is 6.18. The molecule has 7 heteroatoms. The van der Waals surface area contributed by atoms with Gasteiger partial charge < -0.3 is 5.11 Å². The Kier molecular flexibility index (Phi) is 4.57. The van der Waals surface area contributed by atoms with Gasteiger partial charge in [0.25, 0.3) is 10.0 Å². The Morgan fingerprint density at radius 1 is 1.05 bits per heavy atom. The van der Waals surface area contributed by atoms with Crippen molar-refractivity contribution < 1.29 is 22.8 Å². The fourth-order valence-electron chi connectivity index (χ4n) is 1.65. The topological polar surface area (TPSA) is 74.7 Å². The lowest BCUT2D eigenvalue weighted by Gasteiger charge is -2.09. The molecular formula is C15H12FNO4S. The zero-order valence-electron chi connectivity index (χ0n) is 11.3. The van der Waals surface area contributed by atoms with Crippen LogP contribution in [0.3, 0.4) is 0 Å². The predicted molar refractivity (Wildman–Crippen MR) is 79.0 cm³/mol. The average molecular weight is 321 g/mol. The van der Waals surface area contributed by atoms with E-state index in [4.69, 9.17) is 5.11 Å². The van der Waals surface area contributed by atoms with E-state index in [9.17, 15) is 17.7 Å². The Morgan fingerprint density at radius 3 is 2.18 bits per heavy atom. The normalized spacial score (nSPS) is 11.5. The van der Waals surface area contributed by atoms with E-state index in [1.54, 1.807) is 6.07 Å². The first-order chi connectivity index (χ1) is 10.4. The summed E-state index contributed by atoms with van der Waals surface area (Å²) in [6.07, 6.45) is 1.99. The quantitative estimate of drug-likeness (QED) is 0.859. The summed E-state index contributed by atoms with van der Waals surface area (Å²) >= 11 is 0. The molecule has 0 bridgehead atoms. The molecule has 0 aromatic heterocycles. The molecule has 0 radical (unpaired) electrons. The Morgan fingerprint density at radius 2 is 1.64 bits per heavy atom. The molecule has 0 aliphatic carbocycles. The van der Waals surface area contributed by atoms with Gasteiger partial charge in [-0.1, -0.05) is 34.8 Å². The monoisotopic (exact) mass is 321 g/mol. The van der Waals surface area contributed by atoms with Gasteiger partial charge in [-0.2, -0.15) is 8.42 Å². The van der Waals surface area contributed by atoms with Crippen LogP contribution in [0.1, 0.15) is 15.9 Å². The highest BCUT2D eigenvalue weighted by Gasteiger charge is 2.20. The Bertz CT molecular complexity index is 786. The minimum Gasteiger partial charge on any atom is -0.478 e. The first-order valence-corrected chi connectivity index (χ1v) is 7.62. The zero-order chi connectivity index (χ0) is 16.2. The number of halogens is 1. The fourth-order valence-corrected chi connectivity index (χ4v) is 2.58. The fraction of sp³-hybridized carbons (Fsp3) is 0. The van der Waals surface area contributed by atoms with Gasteiger partial charge in [-0.15, -0.1) is 4.53 Å². The molecule has 2 aromatic carbocycles. The molecule has 1 N–H and O–H groups in total. The Labute approximate surface area is 126 Å². The standard InChI is InChI=1S/C15H12FNO4S/c16-17(22(20,21)14-4-2-1-3-5-14)11-10-12-6-8-13(9-7-12)15(18)19/h1-11H,(H,18,19). The van der Waals surface area contributed by atoms with Crippen LogP contribution in [-0.4, -0.2) is 24.0 Å². The van der Waals surface area contributed by atoms with Gasteiger partial charge in [0, 0.05) is 0 Å². The van der Waals surface area contributed by atoms with Gasteiger partial charge in [0.1, 0.15) is 0 Å². The predicted octanol–water partition coefficient (Wildman–Crippen LogP) is 2.93. The third kappa shape index (κ3) is 3.50. The van der Waals surface area contributed by atoms with Crippen molar-refractivity contribution in [1.82, 2.24) is 4.53 Å². The molecule has 0 aliphatic rings. The maximum atomic E-state index is 13.8. The van der Waals surface area contributed by atoms with E-state index in [-0.39, 0.29) is 15.0 Å². The van der Waals surface area contributed by atoms with Crippen molar-refractivity contribution in [1.29, 1.82) is 0 Å². The van der Waals surface area contributed by atoms with Gasteiger partial charge in [0.15, 0.2) is 0 Å². The van der Waals surface area contributed by atoms with Crippen LogP contribution in [0.5, 0.6) is 0 Å². The summed E-state index contributed by atoms with van der Waals surface area (Å²) in [5, 5.41) is 8.76. The number of hydrogen-bond donors (Lipinski definition) is 1. The lowest BCUT2D eigenvalue weighted by atomic mass is 10.1. The number of carbonyl (C=O) groups is 1. The Balaban J connectivity index is 2.17. The third-order valence-corrected chi connectivity index (χ3v) is 4.26. The van der Waals surface area contributed by atoms with Crippen LogP contribution in [-0.2, 0) is 10.0 Å². The second kappa shape index (κ2) is 6.40. The molecule has 0 unspecified atom stereocenters. The smallest absolute Gasteiger partial charge is 0.335 e.